The molecule has 0 spiro atoms. The van der Waals surface area contributed by atoms with Crippen molar-refractivity contribution in [1.82, 2.24) is 4.98 Å². The van der Waals surface area contributed by atoms with E-state index in [1.54, 1.807) is 18.3 Å². The van der Waals surface area contributed by atoms with Crippen LogP contribution in [-0.4, -0.2) is 15.9 Å². The molecule has 0 aliphatic heterocycles. The van der Waals surface area contributed by atoms with Gasteiger partial charge in [-0.2, -0.15) is 0 Å². The van der Waals surface area contributed by atoms with Crippen LogP contribution in [0.15, 0.2) is 35.5 Å². The van der Waals surface area contributed by atoms with Gasteiger partial charge in [-0.15, -0.1) is 11.3 Å². The largest absolute Gasteiger partial charge is 0.411 e. The molecule has 0 aliphatic rings. The highest BCUT2D eigenvalue weighted by atomic mass is 32.1. The predicted molar refractivity (Wildman–Crippen MR) is 66.3 cm³/mol. The molecule has 1 aromatic heterocycles. The first-order chi connectivity index (χ1) is 7.72. The van der Waals surface area contributed by atoms with Gasteiger partial charge in [0.2, 0.25) is 0 Å². The molecule has 1 aromatic carbocycles. The van der Waals surface area contributed by atoms with Gasteiger partial charge in [-0.1, -0.05) is 35.5 Å². The zero-order valence-corrected chi connectivity index (χ0v) is 9.95. The second kappa shape index (κ2) is 4.45. The van der Waals surface area contributed by atoms with Gasteiger partial charge in [0.25, 0.3) is 0 Å². The second-order valence-electron chi connectivity index (χ2n) is 3.48. The molecule has 0 unspecified atom stereocenters. The lowest BCUT2D eigenvalue weighted by atomic mass is 10.2. The van der Waals surface area contributed by atoms with E-state index >= 15 is 0 Å². The predicted octanol–water partition coefficient (Wildman–Crippen LogP) is 3.32. The molecule has 4 heteroatoms. The maximum atomic E-state index is 8.76. The van der Waals surface area contributed by atoms with Crippen molar-refractivity contribution >= 4 is 17.0 Å². The molecule has 0 aliphatic carbocycles. The number of hydrogen-bond acceptors (Lipinski definition) is 4. The molecule has 0 saturated carbocycles. The zero-order valence-electron chi connectivity index (χ0n) is 9.14. The molecule has 82 valence electrons. The Morgan fingerprint density at radius 2 is 2.00 bits per heavy atom. The fraction of sp³-hybridized carbons (Fsp3) is 0.167. The number of nitrogens with zero attached hydrogens (tertiary/aromatic N) is 2. The molecule has 1 N–H and O–H groups in total. The molecule has 0 fully saturated rings. The summed E-state index contributed by atoms with van der Waals surface area (Å²) in [5.74, 6) is 0. The average Bonchev–Trinajstić information content (AvgIpc) is 2.71. The summed E-state index contributed by atoms with van der Waals surface area (Å²) in [4.78, 5) is 5.41. The maximum absolute atomic E-state index is 8.76. The minimum Gasteiger partial charge on any atom is -0.411 e. The standard InChI is InChI=1S/C12H12N2OS/c1-8-11(9(2)14-15)16-12(13-8)10-6-4-3-5-7-10/h3-7,15H,1-2H3/b14-9+. The number of aryl methyl sites for hydroxylation is 1. The molecule has 0 amide bonds. The lowest BCUT2D eigenvalue weighted by Crippen LogP contribution is -1.92. The summed E-state index contributed by atoms with van der Waals surface area (Å²) in [6, 6.07) is 9.99. The van der Waals surface area contributed by atoms with Crippen LogP contribution in [0, 0.1) is 6.92 Å². The van der Waals surface area contributed by atoms with E-state index in [4.69, 9.17) is 5.21 Å². The highest BCUT2D eigenvalue weighted by molar-refractivity contribution is 7.17. The molecule has 0 bridgehead atoms. The van der Waals surface area contributed by atoms with Gasteiger partial charge in [0.1, 0.15) is 5.01 Å². The van der Waals surface area contributed by atoms with Crippen LogP contribution >= 0.6 is 11.3 Å². The van der Waals surface area contributed by atoms with Gasteiger partial charge in [0, 0.05) is 5.56 Å². The van der Waals surface area contributed by atoms with Crippen molar-refractivity contribution in [3.63, 3.8) is 0 Å². The van der Waals surface area contributed by atoms with Crippen LogP contribution < -0.4 is 0 Å². The molecule has 0 atom stereocenters. The Morgan fingerprint density at radius 3 is 2.62 bits per heavy atom. The van der Waals surface area contributed by atoms with Crippen LogP contribution in [0.5, 0.6) is 0 Å². The van der Waals surface area contributed by atoms with Gasteiger partial charge in [-0.05, 0) is 13.8 Å². The highest BCUT2D eigenvalue weighted by Gasteiger charge is 2.11. The maximum Gasteiger partial charge on any atom is 0.124 e. The minimum absolute atomic E-state index is 0.609. The zero-order chi connectivity index (χ0) is 11.5. The second-order valence-corrected chi connectivity index (χ2v) is 4.48. The van der Waals surface area contributed by atoms with E-state index in [0.29, 0.717) is 5.71 Å². The van der Waals surface area contributed by atoms with Gasteiger partial charge >= 0.3 is 0 Å². The van der Waals surface area contributed by atoms with Crippen LogP contribution in [0.4, 0.5) is 0 Å². The van der Waals surface area contributed by atoms with E-state index in [1.807, 2.05) is 37.3 Å². The number of oxime groups is 1. The van der Waals surface area contributed by atoms with Crippen molar-refractivity contribution in [2.75, 3.05) is 0 Å². The van der Waals surface area contributed by atoms with Crippen molar-refractivity contribution in [3.05, 3.63) is 40.9 Å². The van der Waals surface area contributed by atoms with Crippen LogP contribution in [0.2, 0.25) is 0 Å². The smallest absolute Gasteiger partial charge is 0.124 e. The van der Waals surface area contributed by atoms with Crippen molar-refractivity contribution < 1.29 is 5.21 Å². The molecular weight excluding hydrogens is 220 g/mol. The van der Waals surface area contributed by atoms with Crippen LogP contribution in [0.25, 0.3) is 10.6 Å². The summed E-state index contributed by atoms with van der Waals surface area (Å²) in [6.45, 7) is 3.70. The fourth-order valence-corrected chi connectivity index (χ4v) is 2.49. The quantitative estimate of drug-likeness (QED) is 0.490. The Hall–Kier alpha value is -1.68. The number of aromatic nitrogens is 1. The molecule has 3 nitrogen and oxygen atoms in total. The Labute approximate surface area is 98.1 Å². The monoisotopic (exact) mass is 232 g/mol. The normalized spacial score (nSPS) is 11.8. The molecule has 16 heavy (non-hydrogen) atoms. The van der Waals surface area contributed by atoms with E-state index in [9.17, 15) is 0 Å². The first kappa shape index (κ1) is 10.8. The molecule has 2 aromatic rings. The Bertz CT molecular complexity index is 517. The Morgan fingerprint density at radius 1 is 1.31 bits per heavy atom. The van der Waals surface area contributed by atoms with Crippen molar-refractivity contribution in [3.8, 4) is 10.6 Å². The Balaban J connectivity index is 2.46. The number of thiazole rings is 1. The fourth-order valence-electron chi connectivity index (χ4n) is 1.48. The minimum atomic E-state index is 0.609. The van der Waals surface area contributed by atoms with Gasteiger partial charge < -0.3 is 5.21 Å². The highest BCUT2D eigenvalue weighted by Crippen LogP contribution is 2.27. The number of rotatable bonds is 2. The van der Waals surface area contributed by atoms with Gasteiger partial charge in [-0.3, -0.25) is 0 Å². The van der Waals surface area contributed by atoms with Crippen LogP contribution in [-0.2, 0) is 0 Å². The molecule has 1 heterocycles. The molecule has 0 radical (unpaired) electrons. The van der Waals surface area contributed by atoms with Crippen LogP contribution in [0.3, 0.4) is 0 Å². The first-order valence-corrected chi connectivity index (χ1v) is 5.76. The lowest BCUT2D eigenvalue weighted by Gasteiger charge is -1.93. The van der Waals surface area contributed by atoms with E-state index in [2.05, 4.69) is 10.1 Å². The summed E-state index contributed by atoms with van der Waals surface area (Å²) in [5.41, 5.74) is 2.60. The average molecular weight is 232 g/mol. The van der Waals surface area contributed by atoms with Gasteiger partial charge in [0.15, 0.2) is 0 Å². The van der Waals surface area contributed by atoms with E-state index in [1.165, 1.54) is 0 Å². The third-order valence-electron chi connectivity index (χ3n) is 2.30. The summed E-state index contributed by atoms with van der Waals surface area (Å²) < 4.78 is 0. The van der Waals surface area contributed by atoms with E-state index < -0.39 is 0 Å². The lowest BCUT2D eigenvalue weighted by molar-refractivity contribution is 0.319. The molecule has 0 saturated heterocycles. The first-order valence-electron chi connectivity index (χ1n) is 4.94. The van der Waals surface area contributed by atoms with E-state index in [0.717, 1.165) is 21.1 Å². The summed E-state index contributed by atoms with van der Waals surface area (Å²) >= 11 is 1.54. The Kier molecular flexibility index (Phi) is 3.01. The molecular formula is C12H12N2OS. The third kappa shape index (κ3) is 1.97. The van der Waals surface area contributed by atoms with Gasteiger partial charge in [0.05, 0.1) is 16.3 Å². The number of hydrogen-bond donors (Lipinski definition) is 1. The van der Waals surface area contributed by atoms with Crippen molar-refractivity contribution in [2.24, 2.45) is 5.16 Å². The van der Waals surface area contributed by atoms with Crippen molar-refractivity contribution in [2.45, 2.75) is 13.8 Å². The third-order valence-corrected chi connectivity index (χ3v) is 3.61. The van der Waals surface area contributed by atoms with Gasteiger partial charge in [-0.25, -0.2) is 4.98 Å². The van der Waals surface area contributed by atoms with Crippen LogP contribution in [0.1, 0.15) is 17.5 Å². The van der Waals surface area contributed by atoms with Crippen molar-refractivity contribution in [1.29, 1.82) is 0 Å². The summed E-state index contributed by atoms with van der Waals surface area (Å²) in [6.07, 6.45) is 0. The van der Waals surface area contributed by atoms with E-state index in [-0.39, 0.29) is 0 Å². The SMILES string of the molecule is C/C(=N\O)c1sc(-c2ccccc2)nc1C. The summed E-state index contributed by atoms with van der Waals surface area (Å²) in [5, 5.41) is 12.9. The topological polar surface area (TPSA) is 45.5 Å². The number of benzene rings is 1. The summed E-state index contributed by atoms with van der Waals surface area (Å²) in [7, 11) is 0. The molecule has 2 rings (SSSR count).